The fourth-order valence-electron chi connectivity index (χ4n) is 1.83. The van der Waals surface area contributed by atoms with Crippen LogP contribution in [-0.2, 0) is 0 Å². The van der Waals surface area contributed by atoms with Crippen LogP contribution in [0, 0.1) is 17.5 Å². The normalized spacial score (nSPS) is 10.7. The van der Waals surface area contributed by atoms with Gasteiger partial charge in [-0.2, -0.15) is 0 Å². The maximum atomic E-state index is 13.2. The van der Waals surface area contributed by atoms with Gasteiger partial charge in [0.1, 0.15) is 11.5 Å². The van der Waals surface area contributed by atoms with E-state index in [2.05, 4.69) is 12.2 Å². The summed E-state index contributed by atoms with van der Waals surface area (Å²) < 4.78 is 39.2. The highest BCUT2D eigenvalue weighted by atomic mass is 19.1. The van der Waals surface area contributed by atoms with E-state index in [-0.39, 0.29) is 5.69 Å². The van der Waals surface area contributed by atoms with Crippen LogP contribution < -0.4 is 5.32 Å². The summed E-state index contributed by atoms with van der Waals surface area (Å²) in [4.78, 5) is 0. The summed E-state index contributed by atoms with van der Waals surface area (Å²) >= 11 is 0. The molecule has 4 heteroatoms. The van der Waals surface area contributed by atoms with Crippen LogP contribution >= 0.6 is 0 Å². The molecule has 102 valence electrons. The van der Waals surface area contributed by atoms with E-state index in [1.165, 1.54) is 19.3 Å². The predicted molar refractivity (Wildman–Crippen MR) is 68.2 cm³/mol. The Hall–Kier alpha value is -1.19. The van der Waals surface area contributed by atoms with E-state index in [1.54, 1.807) is 0 Å². The Morgan fingerprint density at radius 2 is 1.44 bits per heavy atom. The lowest BCUT2D eigenvalue weighted by Crippen LogP contribution is -2.06. The van der Waals surface area contributed by atoms with Gasteiger partial charge >= 0.3 is 0 Å². The number of nitrogens with one attached hydrogen (secondary N) is 1. The minimum Gasteiger partial charge on any atom is -0.380 e. The molecule has 0 atom stereocenters. The molecule has 0 aliphatic carbocycles. The first-order valence-electron chi connectivity index (χ1n) is 6.53. The highest BCUT2D eigenvalue weighted by molar-refractivity contribution is 5.46. The van der Waals surface area contributed by atoms with Crippen molar-refractivity contribution in [1.29, 1.82) is 0 Å². The van der Waals surface area contributed by atoms with Gasteiger partial charge in [0.05, 0.1) is 0 Å². The lowest BCUT2D eigenvalue weighted by molar-refractivity contribution is 0.546. The second kappa shape index (κ2) is 8.01. The third-order valence-corrected chi connectivity index (χ3v) is 2.84. The molecule has 0 saturated heterocycles. The molecular weight excluding hydrogens is 239 g/mol. The average Bonchev–Trinajstić information content (AvgIpc) is 2.30. The molecule has 1 rings (SSSR count). The van der Waals surface area contributed by atoms with Crippen molar-refractivity contribution in [2.24, 2.45) is 0 Å². The molecule has 1 N–H and O–H groups in total. The predicted octanol–water partition coefficient (Wildman–Crippen LogP) is 4.88. The SMILES string of the molecule is CCCCCCCCNc1c(F)cc(F)cc1F. The van der Waals surface area contributed by atoms with E-state index in [1.807, 2.05) is 0 Å². The zero-order chi connectivity index (χ0) is 13.4. The van der Waals surface area contributed by atoms with Crippen LogP contribution in [0.4, 0.5) is 18.9 Å². The van der Waals surface area contributed by atoms with Crippen molar-refractivity contribution in [1.82, 2.24) is 0 Å². The molecule has 0 amide bonds. The largest absolute Gasteiger partial charge is 0.380 e. The van der Waals surface area contributed by atoms with Crippen LogP contribution in [0.3, 0.4) is 0 Å². The molecule has 0 aromatic heterocycles. The van der Waals surface area contributed by atoms with Crippen LogP contribution in [0.2, 0.25) is 0 Å². The molecule has 1 aromatic rings. The Kier molecular flexibility index (Phi) is 6.61. The number of benzene rings is 1. The van der Waals surface area contributed by atoms with Gasteiger partial charge < -0.3 is 5.32 Å². The van der Waals surface area contributed by atoms with Crippen molar-refractivity contribution >= 4 is 5.69 Å². The Bertz CT molecular complexity index is 343. The monoisotopic (exact) mass is 259 g/mol. The van der Waals surface area contributed by atoms with Gasteiger partial charge in [0, 0.05) is 18.7 Å². The van der Waals surface area contributed by atoms with Crippen molar-refractivity contribution in [3.63, 3.8) is 0 Å². The third-order valence-electron chi connectivity index (χ3n) is 2.84. The van der Waals surface area contributed by atoms with Crippen LogP contribution in [0.5, 0.6) is 0 Å². The molecule has 18 heavy (non-hydrogen) atoms. The minimum atomic E-state index is -0.893. The van der Waals surface area contributed by atoms with Gasteiger partial charge in [-0.25, -0.2) is 13.2 Å². The second-order valence-electron chi connectivity index (χ2n) is 4.44. The van der Waals surface area contributed by atoms with Crippen molar-refractivity contribution in [3.05, 3.63) is 29.6 Å². The fraction of sp³-hybridized carbons (Fsp3) is 0.571. The highest BCUT2D eigenvalue weighted by Crippen LogP contribution is 2.20. The van der Waals surface area contributed by atoms with Crippen LogP contribution in [0.1, 0.15) is 45.4 Å². The number of hydrogen-bond acceptors (Lipinski definition) is 1. The van der Waals surface area contributed by atoms with Crippen molar-refractivity contribution in [2.45, 2.75) is 45.4 Å². The molecule has 1 nitrogen and oxygen atoms in total. The summed E-state index contributed by atoms with van der Waals surface area (Å²) in [6.07, 6.45) is 6.68. The first-order valence-corrected chi connectivity index (χ1v) is 6.53. The summed E-state index contributed by atoms with van der Waals surface area (Å²) in [5, 5.41) is 2.68. The quantitative estimate of drug-likeness (QED) is 0.656. The van der Waals surface area contributed by atoms with Gasteiger partial charge in [-0.15, -0.1) is 0 Å². The summed E-state index contributed by atoms with van der Waals surface area (Å²) in [7, 11) is 0. The van der Waals surface area contributed by atoms with Crippen LogP contribution in [0.15, 0.2) is 12.1 Å². The molecule has 0 spiro atoms. The molecule has 0 aliphatic rings. The van der Waals surface area contributed by atoms with Gasteiger partial charge in [-0.05, 0) is 6.42 Å². The van der Waals surface area contributed by atoms with E-state index < -0.39 is 17.5 Å². The Balaban J connectivity index is 2.27. The zero-order valence-electron chi connectivity index (χ0n) is 10.7. The van der Waals surface area contributed by atoms with Crippen molar-refractivity contribution in [3.8, 4) is 0 Å². The minimum absolute atomic E-state index is 0.232. The molecule has 0 saturated carbocycles. The van der Waals surface area contributed by atoms with E-state index in [9.17, 15) is 13.2 Å². The standard InChI is InChI=1S/C14H20F3N/c1-2-3-4-5-6-7-8-18-14-12(16)9-11(15)10-13(14)17/h9-10,18H,2-8H2,1H3. The highest BCUT2D eigenvalue weighted by Gasteiger charge is 2.10. The van der Waals surface area contributed by atoms with Gasteiger partial charge in [0.15, 0.2) is 11.6 Å². The molecule has 0 radical (unpaired) electrons. The van der Waals surface area contributed by atoms with E-state index in [0.717, 1.165) is 19.3 Å². The number of halogens is 3. The molecular formula is C14H20F3N. The fourth-order valence-corrected chi connectivity index (χ4v) is 1.83. The Labute approximate surface area is 106 Å². The number of unbranched alkanes of at least 4 members (excludes halogenated alkanes) is 5. The first kappa shape index (κ1) is 14.9. The third kappa shape index (κ3) is 4.98. The summed E-state index contributed by atoms with van der Waals surface area (Å²) in [5.41, 5.74) is -0.232. The maximum Gasteiger partial charge on any atom is 0.152 e. The lowest BCUT2D eigenvalue weighted by atomic mass is 10.1. The maximum absolute atomic E-state index is 13.2. The van der Waals surface area contributed by atoms with Crippen LogP contribution in [0.25, 0.3) is 0 Å². The van der Waals surface area contributed by atoms with Gasteiger partial charge in [0.2, 0.25) is 0 Å². The summed E-state index contributed by atoms with van der Waals surface area (Å²) in [6.45, 7) is 2.66. The molecule has 0 fully saturated rings. The van der Waals surface area contributed by atoms with E-state index in [0.29, 0.717) is 18.7 Å². The summed E-state index contributed by atoms with van der Waals surface area (Å²) in [6, 6.07) is 1.37. The molecule has 0 heterocycles. The smallest absolute Gasteiger partial charge is 0.152 e. The Morgan fingerprint density at radius 3 is 2.06 bits per heavy atom. The summed E-state index contributed by atoms with van der Waals surface area (Å²) in [5.74, 6) is -2.65. The molecule has 0 aliphatic heterocycles. The van der Waals surface area contributed by atoms with Gasteiger partial charge in [-0.1, -0.05) is 39.0 Å². The molecule has 0 unspecified atom stereocenters. The van der Waals surface area contributed by atoms with Gasteiger partial charge in [0.25, 0.3) is 0 Å². The first-order chi connectivity index (χ1) is 8.65. The number of rotatable bonds is 8. The van der Waals surface area contributed by atoms with E-state index >= 15 is 0 Å². The Morgan fingerprint density at radius 1 is 0.889 bits per heavy atom. The van der Waals surface area contributed by atoms with Crippen molar-refractivity contribution < 1.29 is 13.2 Å². The van der Waals surface area contributed by atoms with Crippen LogP contribution in [-0.4, -0.2) is 6.54 Å². The topological polar surface area (TPSA) is 12.0 Å². The van der Waals surface area contributed by atoms with Crippen molar-refractivity contribution in [2.75, 3.05) is 11.9 Å². The van der Waals surface area contributed by atoms with E-state index in [4.69, 9.17) is 0 Å². The zero-order valence-corrected chi connectivity index (χ0v) is 10.7. The molecule has 0 bridgehead atoms. The average molecular weight is 259 g/mol. The lowest BCUT2D eigenvalue weighted by Gasteiger charge is -2.08. The van der Waals surface area contributed by atoms with Gasteiger partial charge in [-0.3, -0.25) is 0 Å². The molecule has 1 aromatic carbocycles. The number of anilines is 1. The number of hydrogen-bond donors (Lipinski definition) is 1. The second-order valence-corrected chi connectivity index (χ2v) is 4.44.